The van der Waals surface area contributed by atoms with Gasteiger partial charge in [0.1, 0.15) is 5.75 Å². The molecule has 0 aliphatic carbocycles. The lowest BCUT2D eigenvalue weighted by molar-refractivity contribution is 0.0600. The molecule has 0 amide bonds. The van der Waals surface area contributed by atoms with Gasteiger partial charge in [-0.05, 0) is 44.2 Å². The molecule has 6 nitrogen and oxygen atoms in total. The largest absolute Gasteiger partial charge is 0.491 e. The highest BCUT2D eigenvalue weighted by Crippen LogP contribution is 2.22. The molecular weight excluding hydrogens is 330 g/mol. The van der Waals surface area contributed by atoms with Gasteiger partial charge in [-0.1, -0.05) is 12.1 Å². The number of methoxy groups -OCH3 is 1. The summed E-state index contributed by atoms with van der Waals surface area (Å²) in [4.78, 5) is 11.5. The molecule has 24 heavy (non-hydrogen) atoms. The Hall–Kier alpha value is -2.54. The van der Waals surface area contributed by atoms with Crippen LogP contribution in [0.1, 0.15) is 24.2 Å². The minimum absolute atomic E-state index is 0.0198. The maximum Gasteiger partial charge on any atom is 0.337 e. The fourth-order valence-corrected chi connectivity index (χ4v) is 3.12. The molecule has 2 rings (SSSR count). The van der Waals surface area contributed by atoms with Crippen LogP contribution < -0.4 is 9.46 Å². The molecule has 0 spiro atoms. The Bertz CT molecular complexity index is 830. The molecular formula is C17H19NO5S. The number of ether oxygens (including phenoxy) is 2. The highest BCUT2D eigenvalue weighted by Gasteiger charge is 2.17. The third kappa shape index (κ3) is 4.48. The number of benzene rings is 2. The number of sulfonamides is 1. The molecule has 128 valence electrons. The third-order valence-electron chi connectivity index (χ3n) is 3.02. The van der Waals surface area contributed by atoms with Crippen LogP contribution >= 0.6 is 0 Å². The van der Waals surface area contributed by atoms with E-state index in [9.17, 15) is 13.2 Å². The van der Waals surface area contributed by atoms with E-state index in [2.05, 4.69) is 9.46 Å². The van der Waals surface area contributed by atoms with Crippen LogP contribution in [0.25, 0.3) is 0 Å². The van der Waals surface area contributed by atoms with E-state index in [1.54, 1.807) is 24.3 Å². The first kappa shape index (κ1) is 17.8. The van der Waals surface area contributed by atoms with E-state index in [1.165, 1.54) is 31.4 Å². The molecule has 7 heteroatoms. The second kappa shape index (κ2) is 7.35. The van der Waals surface area contributed by atoms with Gasteiger partial charge in [0, 0.05) is 6.07 Å². The van der Waals surface area contributed by atoms with Gasteiger partial charge in [0.25, 0.3) is 10.0 Å². The average molecular weight is 349 g/mol. The highest BCUT2D eigenvalue weighted by atomic mass is 32.2. The number of carbonyl (C=O) groups excluding carboxylic acids is 1. The summed E-state index contributed by atoms with van der Waals surface area (Å²) in [6, 6.07) is 12.3. The van der Waals surface area contributed by atoms with Gasteiger partial charge >= 0.3 is 5.97 Å². The molecule has 0 bridgehead atoms. The van der Waals surface area contributed by atoms with E-state index in [0.717, 1.165) is 0 Å². The van der Waals surface area contributed by atoms with Crippen LogP contribution in [0.3, 0.4) is 0 Å². The first-order valence-corrected chi connectivity index (χ1v) is 8.78. The predicted molar refractivity (Wildman–Crippen MR) is 90.8 cm³/mol. The van der Waals surface area contributed by atoms with Crippen molar-refractivity contribution in [2.45, 2.75) is 24.8 Å². The zero-order valence-electron chi connectivity index (χ0n) is 13.6. The average Bonchev–Trinajstić information content (AvgIpc) is 2.53. The lowest BCUT2D eigenvalue weighted by atomic mass is 10.2. The molecule has 0 unspecified atom stereocenters. The number of hydrogen-bond acceptors (Lipinski definition) is 5. The molecule has 0 heterocycles. The summed E-state index contributed by atoms with van der Waals surface area (Å²) in [6.07, 6.45) is -0.0198. The number of rotatable bonds is 6. The summed E-state index contributed by atoms with van der Waals surface area (Å²) < 4.78 is 37.6. The molecule has 0 saturated heterocycles. The van der Waals surface area contributed by atoms with E-state index in [4.69, 9.17) is 4.74 Å². The fraction of sp³-hybridized carbons (Fsp3) is 0.235. The van der Waals surface area contributed by atoms with Gasteiger partial charge in [-0.15, -0.1) is 0 Å². The van der Waals surface area contributed by atoms with Crippen molar-refractivity contribution in [3.8, 4) is 5.75 Å². The molecule has 0 saturated carbocycles. The lowest BCUT2D eigenvalue weighted by Crippen LogP contribution is -2.14. The molecule has 0 atom stereocenters. The van der Waals surface area contributed by atoms with E-state index in [-0.39, 0.29) is 16.6 Å². The normalized spacial score (nSPS) is 11.2. The number of hydrogen-bond donors (Lipinski definition) is 1. The monoisotopic (exact) mass is 349 g/mol. The van der Waals surface area contributed by atoms with Crippen LogP contribution in [0.4, 0.5) is 5.69 Å². The quantitative estimate of drug-likeness (QED) is 0.811. The SMILES string of the molecule is COC(=O)c1cccc(S(=O)(=O)Nc2cccc(OC(C)C)c2)c1. The van der Waals surface area contributed by atoms with Crippen LogP contribution in [-0.4, -0.2) is 27.6 Å². The molecule has 1 N–H and O–H groups in total. The van der Waals surface area contributed by atoms with Crippen molar-refractivity contribution in [3.63, 3.8) is 0 Å². The summed E-state index contributed by atoms with van der Waals surface area (Å²) in [6.45, 7) is 3.77. The standard InChI is InChI=1S/C17H19NO5S/c1-12(2)23-15-8-5-7-14(11-15)18-24(20,21)16-9-4-6-13(10-16)17(19)22-3/h4-12,18H,1-3H3. The summed E-state index contributed by atoms with van der Waals surface area (Å²) in [5, 5.41) is 0. The second-order valence-electron chi connectivity index (χ2n) is 5.32. The van der Waals surface area contributed by atoms with Crippen molar-refractivity contribution in [3.05, 3.63) is 54.1 Å². The lowest BCUT2D eigenvalue weighted by Gasteiger charge is -2.12. The van der Waals surface area contributed by atoms with Gasteiger partial charge < -0.3 is 9.47 Å². The van der Waals surface area contributed by atoms with Crippen LogP contribution in [-0.2, 0) is 14.8 Å². The van der Waals surface area contributed by atoms with E-state index < -0.39 is 16.0 Å². The summed E-state index contributed by atoms with van der Waals surface area (Å²) in [5.74, 6) is -0.0344. The molecule has 0 radical (unpaired) electrons. The molecule has 0 aliphatic heterocycles. The van der Waals surface area contributed by atoms with E-state index in [0.29, 0.717) is 11.4 Å². The Morgan fingerprint density at radius 2 is 1.79 bits per heavy atom. The van der Waals surface area contributed by atoms with Crippen molar-refractivity contribution in [2.75, 3.05) is 11.8 Å². The number of esters is 1. The van der Waals surface area contributed by atoms with E-state index >= 15 is 0 Å². The van der Waals surface area contributed by atoms with Crippen molar-refractivity contribution in [1.29, 1.82) is 0 Å². The second-order valence-corrected chi connectivity index (χ2v) is 7.00. The van der Waals surface area contributed by atoms with Crippen molar-refractivity contribution in [2.24, 2.45) is 0 Å². The van der Waals surface area contributed by atoms with Crippen molar-refractivity contribution in [1.82, 2.24) is 0 Å². The maximum atomic E-state index is 12.5. The first-order chi connectivity index (χ1) is 11.3. The third-order valence-corrected chi connectivity index (χ3v) is 4.40. The van der Waals surface area contributed by atoms with Gasteiger partial charge in [-0.2, -0.15) is 0 Å². The summed E-state index contributed by atoms with van der Waals surface area (Å²) in [5.41, 5.74) is 0.536. The molecule has 2 aromatic rings. The smallest absolute Gasteiger partial charge is 0.337 e. The fourth-order valence-electron chi connectivity index (χ4n) is 2.03. The van der Waals surface area contributed by atoms with Crippen molar-refractivity contribution < 1.29 is 22.7 Å². The van der Waals surface area contributed by atoms with Crippen molar-refractivity contribution >= 4 is 21.7 Å². The maximum absolute atomic E-state index is 12.5. The topological polar surface area (TPSA) is 81.7 Å². The van der Waals surface area contributed by atoms with Gasteiger partial charge in [0.05, 0.1) is 29.4 Å². The summed E-state index contributed by atoms with van der Waals surface area (Å²) in [7, 11) is -2.60. The Morgan fingerprint density at radius 1 is 1.08 bits per heavy atom. The zero-order valence-corrected chi connectivity index (χ0v) is 14.5. The van der Waals surface area contributed by atoms with Crippen LogP contribution in [0, 0.1) is 0 Å². The van der Waals surface area contributed by atoms with E-state index in [1.807, 2.05) is 13.8 Å². The Kier molecular flexibility index (Phi) is 5.46. The minimum atomic E-state index is -3.84. The van der Waals surface area contributed by atoms with Gasteiger partial charge in [-0.3, -0.25) is 4.72 Å². The highest BCUT2D eigenvalue weighted by molar-refractivity contribution is 7.92. The van der Waals surface area contributed by atoms with Gasteiger partial charge in [0.15, 0.2) is 0 Å². The Balaban J connectivity index is 2.27. The Morgan fingerprint density at radius 3 is 2.46 bits per heavy atom. The van der Waals surface area contributed by atoms with Crippen LogP contribution in [0.5, 0.6) is 5.75 Å². The van der Waals surface area contributed by atoms with Gasteiger partial charge in [0.2, 0.25) is 0 Å². The number of carbonyl (C=O) groups is 1. The van der Waals surface area contributed by atoms with Gasteiger partial charge in [-0.25, -0.2) is 13.2 Å². The number of anilines is 1. The first-order valence-electron chi connectivity index (χ1n) is 7.30. The molecule has 0 aromatic heterocycles. The molecule has 0 fully saturated rings. The minimum Gasteiger partial charge on any atom is -0.491 e. The number of nitrogens with one attached hydrogen (secondary N) is 1. The zero-order chi connectivity index (χ0) is 17.7. The Labute approximate surface area is 141 Å². The molecule has 2 aromatic carbocycles. The predicted octanol–water partition coefficient (Wildman–Crippen LogP) is 3.06. The molecule has 0 aliphatic rings. The van der Waals surface area contributed by atoms with Crippen LogP contribution in [0.15, 0.2) is 53.4 Å². The van der Waals surface area contributed by atoms with Crippen LogP contribution in [0.2, 0.25) is 0 Å². The summed E-state index contributed by atoms with van der Waals surface area (Å²) >= 11 is 0.